The normalized spacial score (nSPS) is 12.1. The molecule has 0 aliphatic heterocycles. The van der Waals surface area contributed by atoms with Gasteiger partial charge < -0.3 is 14.2 Å². The third kappa shape index (κ3) is 39.1. The minimum atomic E-state index is -0.771. The maximum Gasteiger partial charge on any atom is 0.306 e. The van der Waals surface area contributed by atoms with Crippen molar-refractivity contribution in [3.8, 4) is 0 Å². The first-order chi connectivity index (χ1) is 25.5. The van der Waals surface area contributed by atoms with Crippen molar-refractivity contribution in [2.24, 2.45) is 0 Å². The zero-order valence-corrected chi connectivity index (χ0v) is 34.6. The van der Waals surface area contributed by atoms with Crippen LogP contribution in [0.1, 0.15) is 233 Å². The van der Waals surface area contributed by atoms with Crippen LogP contribution in [0.5, 0.6) is 0 Å². The van der Waals surface area contributed by atoms with Gasteiger partial charge in [0.15, 0.2) is 6.10 Å². The van der Waals surface area contributed by atoms with Crippen LogP contribution in [0.4, 0.5) is 0 Å². The molecule has 52 heavy (non-hydrogen) atoms. The van der Waals surface area contributed by atoms with Crippen molar-refractivity contribution in [1.29, 1.82) is 0 Å². The van der Waals surface area contributed by atoms with Gasteiger partial charge in [0.05, 0.1) is 0 Å². The number of unbranched alkanes of at least 4 members (excludes halogenated alkanes) is 25. The Bertz CT molecular complexity index is 850. The lowest BCUT2D eigenvalue weighted by Crippen LogP contribution is -2.30. The molecule has 0 fully saturated rings. The van der Waals surface area contributed by atoms with Gasteiger partial charge in [-0.3, -0.25) is 14.4 Å². The minimum Gasteiger partial charge on any atom is -0.462 e. The van der Waals surface area contributed by atoms with E-state index in [1.54, 1.807) is 0 Å². The van der Waals surface area contributed by atoms with Gasteiger partial charge in [-0.25, -0.2) is 0 Å². The van der Waals surface area contributed by atoms with Crippen molar-refractivity contribution in [3.05, 3.63) is 24.3 Å². The first-order valence-electron chi connectivity index (χ1n) is 22.3. The Labute approximate surface area is 322 Å². The molecule has 0 amide bonds. The molecule has 0 spiro atoms. The van der Waals surface area contributed by atoms with Crippen molar-refractivity contribution in [2.45, 2.75) is 239 Å². The van der Waals surface area contributed by atoms with Crippen LogP contribution >= 0.6 is 0 Å². The number of carbonyl (C=O) groups excluding carboxylic acids is 3. The third-order valence-electron chi connectivity index (χ3n) is 9.68. The molecule has 0 aromatic rings. The Hall–Kier alpha value is -2.11. The van der Waals surface area contributed by atoms with Crippen LogP contribution < -0.4 is 0 Å². The van der Waals surface area contributed by atoms with Gasteiger partial charge in [0.25, 0.3) is 0 Å². The topological polar surface area (TPSA) is 78.9 Å². The molecular weight excluding hydrogens is 648 g/mol. The van der Waals surface area contributed by atoms with Crippen LogP contribution in [0.25, 0.3) is 0 Å². The second-order valence-corrected chi connectivity index (χ2v) is 15.0. The molecule has 0 aliphatic carbocycles. The first-order valence-corrected chi connectivity index (χ1v) is 22.3. The third-order valence-corrected chi connectivity index (χ3v) is 9.68. The minimum absolute atomic E-state index is 0.0748. The zero-order valence-electron chi connectivity index (χ0n) is 34.6. The zero-order chi connectivity index (χ0) is 38.0. The molecule has 6 heteroatoms. The highest BCUT2D eigenvalue weighted by Gasteiger charge is 2.19. The molecule has 0 aromatic carbocycles. The van der Waals surface area contributed by atoms with Gasteiger partial charge in [-0.1, -0.05) is 173 Å². The van der Waals surface area contributed by atoms with Crippen LogP contribution in [0, 0.1) is 0 Å². The molecule has 0 radical (unpaired) electrons. The van der Waals surface area contributed by atoms with Crippen molar-refractivity contribution in [1.82, 2.24) is 0 Å². The van der Waals surface area contributed by atoms with E-state index in [1.807, 2.05) is 0 Å². The Morgan fingerprint density at radius 3 is 1.04 bits per heavy atom. The standard InChI is InChI=1S/C46H84O6/c1-4-7-10-13-16-19-22-23-25-27-30-33-36-39-45(48)51-42-43(41-50-44(47)38-35-32-29-26-21-18-15-12-9-6-3)52-46(49)40-37-34-31-28-24-20-17-14-11-8-5-2/h14,17,19,22,43H,4-13,15-16,18,20-21,23-42H2,1-3H3/b17-14-,22-19-/t43-/m1/s1. The number of allylic oxidation sites excluding steroid dienone is 4. The van der Waals surface area contributed by atoms with Crippen molar-refractivity contribution in [2.75, 3.05) is 13.2 Å². The largest absolute Gasteiger partial charge is 0.462 e. The van der Waals surface area contributed by atoms with Crippen LogP contribution in [-0.2, 0) is 28.6 Å². The Balaban J connectivity index is 4.37. The number of ether oxygens (including phenoxy) is 3. The van der Waals surface area contributed by atoms with E-state index in [-0.39, 0.29) is 31.1 Å². The first kappa shape index (κ1) is 49.9. The van der Waals surface area contributed by atoms with Crippen molar-refractivity contribution < 1.29 is 28.6 Å². The quantitative estimate of drug-likeness (QED) is 0.0270. The van der Waals surface area contributed by atoms with E-state index in [2.05, 4.69) is 45.1 Å². The summed E-state index contributed by atoms with van der Waals surface area (Å²) in [6.45, 7) is 6.55. The van der Waals surface area contributed by atoms with Gasteiger partial charge in [-0.15, -0.1) is 0 Å². The van der Waals surface area contributed by atoms with Crippen molar-refractivity contribution >= 4 is 17.9 Å². The monoisotopic (exact) mass is 733 g/mol. The summed E-state index contributed by atoms with van der Waals surface area (Å²) in [5.41, 5.74) is 0. The maximum atomic E-state index is 12.7. The summed E-state index contributed by atoms with van der Waals surface area (Å²) in [6, 6.07) is 0. The number of hydrogen-bond donors (Lipinski definition) is 0. The highest BCUT2D eigenvalue weighted by Crippen LogP contribution is 2.14. The number of rotatable bonds is 40. The summed E-state index contributed by atoms with van der Waals surface area (Å²) >= 11 is 0. The van der Waals surface area contributed by atoms with Gasteiger partial charge >= 0.3 is 17.9 Å². The second kappa shape index (κ2) is 41.6. The fraction of sp³-hybridized carbons (Fsp3) is 0.848. The molecule has 304 valence electrons. The van der Waals surface area contributed by atoms with Gasteiger partial charge in [0, 0.05) is 19.3 Å². The van der Waals surface area contributed by atoms with Crippen LogP contribution in [0.3, 0.4) is 0 Å². The van der Waals surface area contributed by atoms with Gasteiger partial charge in [-0.05, 0) is 64.2 Å². The fourth-order valence-electron chi connectivity index (χ4n) is 6.24. The molecule has 1 atom stereocenters. The van der Waals surface area contributed by atoms with Crippen molar-refractivity contribution in [3.63, 3.8) is 0 Å². The van der Waals surface area contributed by atoms with E-state index < -0.39 is 6.10 Å². The number of esters is 3. The van der Waals surface area contributed by atoms with Gasteiger partial charge in [0.1, 0.15) is 13.2 Å². The van der Waals surface area contributed by atoms with Gasteiger partial charge in [0.2, 0.25) is 0 Å². The summed E-state index contributed by atoms with van der Waals surface area (Å²) < 4.78 is 16.7. The SMILES string of the molecule is CCCC/C=C\CCCCCCCC(=O)O[C@@H](COC(=O)CCCCCCC/C=C\CCCCCC)COC(=O)CCCCCCCCCCCC. The molecular formula is C46H84O6. The Morgan fingerprint density at radius 1 is 0.365 bits per heavy atom. The summed E-state index contributed by atoms with van der Waals surface area (Å²) in [5.74, 6) is -0.893. The Kier molecular flexibility index (Phi) is 40.0. The van der Waals surface area contributed by atoms with E-state index in [1.165, 1.54) is 116 Å². The molecule has 6 nitrogen and oxygen atoms in total. The van der Waals surface area contributed by atoms with Gasteiger partial charge in [-0.2, -0.15) is 0 Å². The summed E-state index contributed by atoms with van der Waals surface area (Å²) in [6.07, 6.45) is 44.4. The number of hydrogen-bond acceptors (Lipinski definition) is 6. The molecule has 0 aliphatic rings. The van der Waals surface area contributed by atoms with E-state index >= 15 is 0 Å². The van der Waals surface area contributed by atoms with E-state index in [0.717, 1.165) is 77.0 Å². The average Bonchev–Trinajstić information content (AvgIpc) is 3.14. The maximum absolute atomic E-state index is 12.7. The number of carbonyl (C=O) groups is 3. The molecule has 0 saturated carbocycles. The lowest BCUT2D eigenvalue weighted by molar-refractivity contribution is -0.167. The van der Waals surface area contributed by atoms with Crippen LogP contribution in [0.15, 0.2) is 24.3 Å². The molecule has 0 saturated heterocycles. The molecule has 0 N–H and O–H groups in total. The molecule has 0 unspecified atom stereocenters. The highest BCUT2D eigenvalue weighted by atomic mass is 16.6. The molecule has 0 heterocycles. The average molecular weight is 733 g/mol. The fourth-order valence-corrected chi connectivity index (χ4v) is 6.24. The van der Waals surface area contributed by atoms with E-state index in [9.17, 15) is 14.4 Å². The lowest BCUT2D eigenvalue weighted by Gasteiger charge is -2.18. The van der Waals surface area contributed by atoms with Crippen LogP contribution in [-0.4, -0.2) is 37.2 Å². The molecule has 0 rings (SSSR count). The lowest BCUT2D eigenvalue weighted by atomic mass is 10.1. The second-order valence-electron chi connectivity index (χ2n) is 15.0. The Morgan fingerprint density at radius 2 is 0.654 bits per heavy atom. The predicted molar refractivity (Wildman–Crippen MR) is 219 cm³/mol. The summed E-state index contributed by atoms with van der Waals surface area (Å²) in [4.78, 5) is 37.6. The van der Waals surface area contributed by atoms with Crippen LogP contribution in [0.2, 0.25) is 0 Å². The molecule has 0 bridgehead atoms. The van der Waals surface area contributed by atoms with E-state index in [0.29, 0.717) is 19.3 Å². The smallest absolute Gasteiger partial charge is 0.306 e. The molecule has 0 aromatic heterocycles. The van der Waals surface area contributed by atoms with E-state index in [4.69, 9.17) is 14.2 Å². The summed E-state index contributed by atoms with van der Waals surface area (Å²) in [7, 11) is 0. The summed E-state index contributed by atoms with van der Waals surface area (Å²) in [5, 5.41) is 0. The predicted octanol–water partition coefficient (Wildman–Crippen LogP) is 14.0. The highest BCUT2D eigenvalue weighted by molar-refractivity contribution is 5.71.